The predicted octanol–water partition coefficient (Wildman–Crippen LogP) is -0.554. The molecule has 0 bridgehead atoms. The molecule has 0 radical (unpaired) electrons. The molecule has 20 heavy (non-hydrogen) atoms. The summed E-state index contributed by atoms with van der Waals surface area (Å²) in [6.07, 6.45) is -0.147. The molecule has 1 aromatic carbocycles. The van der Waals surface area contributed by atoms with E-state index in [-0.39, 0.29) is 12.2 Å². The Kier molecular flexibility index (Phi) is 3.78. The van der Waals surface area contributed by atoms with Crippen molar-refractivity contribution in [3.05, 3.63) is 29.8 Å². The Morgan fingerprint density at radius 2 is 2.10 bits per heavy atom. The van der Waals surface area contributed by atoms with E-state index < -0.39 is 27.9 Å². The Hall–Kier alpha value is -1.93. The number of carbonyl (C=O) groups is 2. The maximum Gasteiger partial charge on any atom is 0.247 e. The number of carbonyl (C=O) groups excluding carboxylic acids is 2. The standard InChI is InChI=1S/C12H15N3O4S/c1-15-11(16)6-10(12(15)17)14-20(18,19)7-8-3-2-4-9(13)5-8/h2-5,10,14H,6-7,13H2,1H3. The summed E-state index contributed by atoms with van der Waals surface area (Å²) in [5.74, 6) is -1.22. The van der Waals surface area contributed by atoms with Crippen LogP contribution < -0.4 is 10.5 Å². The van der Waals surface area contributed by atoms with Crippen LogP contribution >= 0.6 is 0 Å². The number of nitrogen functional groups attached to an aromatic ring is 1. The van der Waals surface area contributed by atoms with E-state index in [1.165, 1.54) is 7.05 Å². The first-order chi connectivity index (χ1) is 9.28. The number of sulfonamides is 1. The summed E-state index contributed by atoms with van der Waals surface area (Å²) >= 11 is 0. The van der Waals surface area contributed by atoms with Crippen LogP contribution in [0.2, 0.25) is 0 Å². The van der Waals surface area contributed by atoms with E-state index >= 15 is 0 Å². The molecule has 108 valence electrons. The predicted molar refractivity (Wildman–Crippen MR) is 72.8 cm³/mol. The number of hydrogen-bond donors (Lipinski definition) is 2. The van der Waals surface area contributed by atoms with Gasteiger partial charge in [0.1, 0.15) is 6.04 Å². The van der Waals surface area contributed by atoms with Gasteiger partial charge >= 0.3 is 0 Å². The first-order valence-corrected chi connectivity index (χ1v) is 7.58. The van der Waals surface area contributed by atoms with Crippen LogP contribution in [0.4, 0.5) is 5.69 Å². The van der Waals surface area contributed by atoms with E-state index in [1.807, 2.05) is 0 Å². The molecule has 1 atom stereocenters. The molecule has 1 aliphatic heterocycles. The third-order valence-corrected chi connectivity index (χ3v) is 4.37. The van der Waals surface area contributed by atoms with Gasteiger partial charge in [0.25, 0.3) is 0 Å². The van der Waals surface area contributed by atoms with Gasteiger partial charge in [-0.05, 0) is 17.7 Å². The Morgan fingerprint density at radius 3 is 2.65 bits per heavy atom. The summed E-state index contributed by atoms with van der Waals surface area (Å²) in [5.41, 5.74) is 6.56. The van der Waals surface area contributed by atoms with Crippen molar-refractivity contribution in [1.82, 2.24) is 9.62 Å². The van der Waals surface area contributed by atoms with Crippen LogP contribution in [0.3, 0.4) is 0 Å². The molecule has 0 aliphatic carbocycles. The van der Waals surface area contributed by atoms with Gasteiger partial charge in [0.2, 0.25) is 21.8 Å². The van der Waals surface area contributed by atoms with Gasteiger partial charge in [-0.1, -0.05) is 12.1 Å². The molecule has 1 unspecified atom stereocenters. The van der Waals surface area contributed by atoms with E-state index in [0.717, 1.165) is 4.90 Å². The molecule has 1 heterocycles. The molecule has 3 N–H and O–H groups in total. The van der Waals surface area contributed by atoms with Crippen molar-refractivity contribution in [2.24, 2.45) is 0 Å². The van der Waals surface area contributed by atoms with Crippen molar-refractivity contribution in [2.45, 2.75) is 18.2 Å². The van der Waals surface area contributed by atoms with E-state index in [9.17, 15) is 18.0 Å². The highest BCUT2D eigenvalue weighted by atomic mass is 32.2. The van der Waals surface area contributed by atoms with Gasteiger partial charge in [-0.15, -0.1) is 0 Å². The van der Waals surface area contributed by atoms with Crippen molar-refractivity contribution >= 4 is 27.5 Å². The van der Waals surface area contributed by atoms with Crippen molar-refractivity contribution < 1.29 is 18.0 Å². The highest BCUT2D eigenvalue weighted by Crippen LogP contribution is 2.14. The van der Waals surface area contributed by atoms with E-state index in [1.54, 1.807) is 24.3 Å². The molecule has 1 aromatic rings. The summed E-state index contributed by atoms with van der Waals surface area (Å²) in [7, 11) is -2.39. The second-order valence-corrected chi connectivity index (χ2v) is 6.42. The van der Waals surface area contributed by atoms with Crippen molar-refractivity contribution in [1.29, 1.82) is 0 Å². The zero-order valence-electron chi connectivity index (χ0n) is 10.9. The van der Waals surface area contributed by atoms with Crippen LogP contribution in [0.25, 0.3) is 0 Å². The molecule has 7 nitrogen and oxygen atoms in total. The highest BCUT2D eigenvalue weighted by Gasteiger charge is 2.38. The zero-order chi connectivity index (χ0) is 14.9. The topological polar surface area (TPSA) is 110 Å². The van der Waals surface area contributed by atoms with E-state index in [0.29, 0.717) is 11.3 Å². The largest absolute Gasteiger partial charge is 0.399 e. The van der Waals surface area contributed by atoms with E-state index in [2.05, 4.69) is 4.72 Å². The minimum atomic E-state index is -3.72. The fourth-order valence-corrected chi connectivity index (χ4v) is 3.33. The van der Waals surface area contributed by atoms with Crippen LogP contribution in [-0.4, -0.2) is 38.2 Å². The van der Waals surface area contributed by atoms with Crippen LogP contribution in [0.1, 0.15) is 12.0 Å². The van der Waals surface area contributed by atoms with Gasteiger partial charge in [0.05, 0.1) is 12.2 Å². The number of hydrogen-bond acceptors (Lipinski definition) is 5. The summed E-state index contributed by atoms with van der Waals surface area (Å²) in [6, 6.07) is 5.46. The first-order valence-electron chi connectivity index (χ1n) is 5.93. The zero-order valence-corrected chi connectivity index (χ0v) is 11.7. The minimum Gasteiger partial charge on any atom is -0.399 e. The smallest absolute Gasteiger partial charge is 0.247 e. The quantitative estimate of drug-likeness (QED) is 0.572. The van der Waals surface area contributed by atoms with Crippen LogP contribution in [0.15, 0.2) is 24.3 Å². The lowest BCUT2D eigenvalue weighted by Crippen LogP contribution is -2.41. The molecule has 2 rings (SSSR count). The number of amides is 2. The molecule has 0 spiro atoms. The fourth-order valence-electron chi connectivity index (χ4n) is 2.01. The Bertz CT molecular complexity index is 656. The van der Waals surface area contributed by atoms with Crippen molar-refractivity contribution in [3.63, 3.8) is 0 Å². The maximum absolute atomic E-state index is 12.0. The molecule has 0 saturated carbocycles. The van der Waals surface area contributed by atoms with Gasteiger partial charge in [-0.2, -0.15) is 0 Å². The average molecular weight is 297 g/mol. The highest BCUT2D eigenvalue weighted by molar-refractivity contribution is 7.88. The lowest BCUT2D eigenvalue weighted by atomic mass is 10.2. The third kappa shape index (κ3) is 3.14. The number of nitrogens with zero attached hydrogens (tertiary/aromatic N) is 1. The van der Waals surface area contributed by atoms with Crippen LogP contribution in [0.5, 0.6) is 0 Å². The van der Waals surface area contributed by atoms with Crippen molar-refractivity contribution in [3.8, 4) is 0 Å². The van der Waals surface area contributed by atoms with Crippen molar-refractivity contribution in [2.75, 3.05) is 12.8 Å². The molecular formula is C12H15N3O4S. The molecule has 1 aliphatic rings. The number of imide groups is 1. The summed E-state index contributed by atoms with van der Waals surface area (Å²) in [5, 5.41) is 0. The van der Waals surface area contributed by atoms with Crippen LogP contribution in [0, 0.1) is 0 Å². The SMILES string of the molecule is CN1C(=O)CC(NS(=O)(=O)Cc2cccc(N)c2)C1=O. The monoisotopic (exact) mass is 297 g/mol. The average Bonchev–Trinajstić information content (AvgIpc) is 2.56. The number of likely N-dealkylation sites (tertiary alicyclic amines) is 1. The number of nitrogens with two attached hydrogens (primary N) is 1. The molecule has 1 fully saturated rings. The molecule has 1 saturated heterocycles. The van der Waals surface area contributed by atoms with Gasteiger partial charge in [-0.25, -0.2) is 13.1 Å². The molecule has 2 amide bonds. The van der Waals surface area contributed by atoms with Gasteiger partial charge < -0.3 is 5.73 Å². The van der Waals surface area contributed by atoms with Crippen LogP contribution in [-0.2, 0) is 25.4 Å². The van der Waals surface area contributed by atoms with E-state index in [4.69, 9.17) is 5.73 Å². The number of anilines is 1. The Labute approximate surface area is 116 Å². The number of nitrogens with one attached hydrogen (secondary N) is 1. The lowest BCUT2D eigenvalue weighted by molar-refractivity contribution is -0.137. The Morgan fingerprint density at radius 1 is 1.40 bits per heavy atom. The fraction of sp³-hybridized carbons (Fsp3) is 0.333. The molecule has 8 heteroatoms. The van der Waals surface area contributed by atoms with Gasteiger partial charge in [0, 0.05) is 12.7 Å². The second-order valence-electron chi connectivity index (χ2n) is 4.67. The summed E-state index contributed by atoms with van der Waals surface area (Å²) in [6.45, 7) is 0. The summed E-state index contributed by atoms with van der Waals surface area (Å²) in [4.78, 5) is 23.9. The van der Waals surface area contributed by atoms with Gasteiger partial charge in [0.15, 0.2) is 0 Å². The molecule has 0 aromatic heterocycles. The third-order valence-electron chi connectivity index (χ3n) is 3.01. The lowest BCUT2D eigenvalue weighted by Gasteiger charge is -2.12. The summed E-state index contributed by atoms with van der Waals surface area (Å²) < 4.78 is 26.2. The second kappa shape index (κ2) is 5.22. The minimum absolute atomic E-state index is 0.147. The van der Waals surface area contributed by atoms with Gasteiger partial charge in [-0.3, -0.25) is 14.5 Å². The Balaban J connectivity index is 2.09. The number of benzene rings is 1. The normalized spacial score (nSPS) is 19.6. The number of rotatable bonds is 4. The number of likely N-dealkylation sites (N-methyl/N-ethyl adjacent to an activating group) is 1. The molecular weight excluding hydrogens is 282 g/mol. The first kappa shape index (κ1) is 14.5. The maximum atomic E-state index is 12.0.